The third kappa shape index (κ3) is 7.03. The summed E-state index contributed by atoms with van der Waals surface area (Å²) in [7, 11) is 0. The Morgan fingerprint density at radius 1 is 1.00 bits per heavy atom. The van der Waals surface area contributed by atoms with Crippen molar-refractivity contribution < 1.29 is 0 Å². The van der Waals surface area contributed by atoms with Crippen molar-refractivity contribution in [1.29, 1.82) is 0 Å². The molecule has 0 atom stereocenters. The molecule has 0 amide bonds. The first-order chi connectivity index (χ1) is 5.39. The molecule has 0 radical (unpaired) electrons. The van der Waals surface area contributed by atoms with Crippen LogP contribution >= 0.6 is 0 Å². The lowest BCUT2D eigenvalue weighted by molar-refractivity contribution is 0.276. The summed E-state index contributed by atoms with van der Waals surface area (Å²) in [5.74, 6) is 1.43. The fourth-order valence-electron chi connectivity index (χ4n) is 2.00. The van der Waals surface area contributed by atoms with Crippen LogP contribution in [0.25, 0.3) is 0 Å². The Hall–Kier alpha value is -0.0800. The van der Waals surface area contributed by atoms with E-state index in [9.17, 15) is 0 Å². The Morgan fingerprint density at radius 2 is 1.31 bits per heavy atom. The normalized spacial score (nSPS) is 12.0. The lowest BCUT2D eigenvalue weighted by Crippen LogP contribution is -2.41. The molecule has 0 aromatic carbocycles. The van der Waals surface area contributed by atoms with Crippen molar-refractivity contribution in [3.05, 3.63) is 0 Å². The van der Waals surface area contributed by atoms with Crippen LogP contribution in [0.2, 0.25) is 0 Å². The largest absolute Gasteiger partial charge is 0.344 e. The van der Waals surface area contributed by atoms with E-state index in [2.05, 4.69) is 34.6 Å². The Morgan fingerprint density at radius 3 is 1.46 bits per heavy atom. The molecule has 0 heterocycles. The SMILES string of the molecule is CCC(N)(CC(C)C)CC(C)C.N. The van der Waals surface area contributed by atoms with Crippen LogP contribution in [0.15, 0.2) is 0 Å². The molecule has 2 nitrogen and oxygen atoms in total. The van der Waals surface area contributed by atoms with Crippen LogP contribution < -0.4 is 11.9 Å². The molecule has 5 N–H and O–H groups in total. The molecular formula is C11H28N2. The fourth-order valence-corrected chi connectivity index (χ4v) is 2.00. The number of rotatable bonds is 5. The van der Waals surface area contributed by atoms with E-state index in [0.717, 1.165) is 19.3 Å². The van der Waals surface area contributed by atoms with Gasteiger partial charge >= 0.3 is 0 Å². The Kier molecular flexibility index (Phi) is 7.56. The fraction of sp³-hybridized carbons (Fsp3) is 1.00. The highest BCUT2D eigenvalue weighted by Gasteiger charge is 2.24. The van der Waals surface area contributed by atoms with E-state index < -0.39 is 0 Å². The quantitative estimate of drug-likeness (QED) is 0.695. The first-order valence-corrected chi connectivity index (χ1v) is 5.18. The van der Waals surface area contributed by atoms with Gasteiger partial charge in [0.15, 0.2) is 0 Å². The molecule has 2 heteroatoms. The minimum absolute atomic E-state index is 0. The van der Waals surface area contributed by atoms with Gasteiger partial charge < -0.3 is 11.9 Å². The van der Waals surface area contributed by atoms with Gasteiger partial charge in [-0.25, -0.2) is 0 Å². The van der Waals surface area contributed by atoms with Gasteiger partial charge in [-0.15, -0.1) is 0 Å². The number of hydrogen-bond acceptors (Lipinski definition) is 2. The average molecular weight is 188 g/mol. The first-order valence-electron chi connectivity index (χ1n) is 5.18. The maximum Gasteiger partial charge on any atom is 0.0156 e. The van der Waals surface area contributed by atoms with Crippen molar-refractivity contribution in [3.8, 4) is 0 Å². The minimum Gasteiger partial charge on any atom is -0.344 e. The van der Waals surface area contributed by atoms with E-state index in [-0.39, 0.29) is 11.7 Å². The monoisotopic (exact) mass is 188 g/mol. The van der Waals surface area contributed by atoms with Crippen molar-refractivity contribution in [3.63, 3.8) is 0 Å². The molecule has 13 heavy (non-hydrogen) atoms. The summed E-state index contributed by atoms with van der Waals surface area (Å²) in [6.07, 6.45) is 3.41. The molecule has 82 valence electrons. The van der Waals surface area contributed by atoms with Gasteiger partial charge in [0.1, 0.15) is 0 Å². The average Bonchev–Trinajstić information content (AvgIpc) is 1.83. The standard InChI is InChI=1S/C11H25N.H3N/c1-6-11(12,7-9(2)3)8-10(4)5;/h9-10H,6-8,12H2,1-5H3;1H3. The molecule has 0 fully saturated rings. The van der Waals surface area contributed by atoms with Gasteiger partial charge in [-0.1, -0.05) is 34.6 Å². The summed E-state index contributed by atoms with van der Waals surface area (Å²) in [4.78, 5) is 0. The topological polar surface area (TPSA) is 61.0 Å². The summed E-state index contributed by atoms with van der Waals surface area (Å²) in [5, 5.41) is 0. The van der Waals surface area contributed by atoms with Crippen LogP contribution in [0.4, 0.5) is 0 Å². The van der Waals surface area contributed by atoms with Crippen molar-refractivity contribution >= 4 is 0 Å². The zero-order valence-electron chi connectivity index (χ0n) is 10.1. The Balaban J connectivity index is 0. The van der Waals surface area contributed by atoms with Gasteiger partial charge in [0.05, 0.1) is 0 Å². The smallest absolute Gasteiger partial charge is 0.0156 e. The molecule has 0 aliphatic heterocycles. The van der Waals surface area contributed by atoms with Gasteiger partial charge in [0.2, 0.25) is 0 Å². The second-order valence-electron chi connectivity index (χ2n) is 4.91. The number of hydrogen-bond donors (Lipinski definition) is 2. The predicted octanol–water partition coefficient (Wildman–Crippen LogP) is 3.35. The second-order valence-corrected chi connectivity index (χ2v) is 4.91. The molecule has 0 aromatic heterocycles. The van der Waals surface area contributed by atoms with Crippen molar-refractivity contribution in [2.24, 2.45) is 17.6 Å². The van der Waals surface area contributed by atoms with Gasteiger partial charge in [-0.05, 0) is 31.1 Å². The maximum atomic E-state index is 6.30. The molecular weight excluding hydrogens is 160 g/mol. The van der Waals surface area contributed by atoms with Crippen LogP contribution in [0.1, 0.15) is 53.9 Å². The summed E-state index contributed by atoms with van der Waals surface area (Å²) >= 11 is 0. The lowest BCUT2D eigenvalue weighted by atomic mass is 9.81. The highest BCUT2D eigenvalue weighted by atomic mass is 14.7. The first kappa shape index (κ1) is 15.4. The van der Waals surface area contributed by atoms with Crippen LogP contribution in [0, 0.1) is 11.8 Å². The minimum atomic E-state index is 0. The molecule has 0 saturated carbocycles. The summed E-state index contributed by atoms with van der Waals surface area (Å²) < 4.78 is 0. The third-order valence-electron chi connectivity index (χ3n) is 2.33. The van der Waals surface area contributed by atoms with Gasteiger partial charge in [-0.2, -0.15) is 0 Å². The maximum absolute atomic E-state index is 6.30. The zero-order chi connectivity index (χ0) is 9.78. The van der Waals surface area contributed by atoms with Crippen molar-refractivity contribution in [1.82, 2.24) is 6.15 Å². The lowest BCUT2D eigenvalue weighted by Gasteiger charge is -2.31. The highest BCUT2D eigenvalue weighted by Crippen LogP contribution is 2.25. The third-order valence-corrected chi connectivity index (χ3v) is 2.33. The molecule has 0 aliphatic rings. The Labute approximate surface area is 83.9 Å². The second kappa shape index (κ2) is 6.39. The summed E-state index contributed by atoms with van der Waals surface area (Å²) in [6, 6.07) is 0. The van der Waals surface area contributed by atoms with E-state index in [1.54, 1.807) is 0 Å². The predicted molar refractivity (Wildman–Crippen MR) is 61.1 cm³/mol. The van der Waals surface area contributed by atoms with Crippen molar-refractivity contribution in [2.45, 2.75) is 59.4 Å². The molecule has 0 spiro atoms. The van der Waals surface area contributed by atoms with E-state index in [0.29, 0.717) is 11.8 Å². The van der Waals surface area contributed by atoms with E-state index >= 15 is 0 Å². The van der Waals surface area contributed by atoms with Gasteiger partial charge in [0, 0.05) is 5.54 Å². The molecule has 0 aliphatic carbocycles. The summed E-state index contributed by atoms with van der Waals surface area (Å²) in [6.45, 7) is 11.2. The number of nitrogens with two attached hydrogens (primary N) is 1. The highest BCUT2D eigenvalue weighted by molar-refractivity contribution is 4.84. The molecule has 0 bridgehead atoms. The van der Waals surface area contributed by atoms with Crippen LogP contribution in [-0.4, -0.2) is 5.54 Å². The van der Waals surface area contributed by atoms with Crippen LogP contribution in [0.5, 0.6) is 0 Å². The molecule has 0 aromatic rings. The Bertz CT molecular complexity index is 109. The van der Waals surface area contributed by atoms with E-state index in [4.69, 9.17) is 5.73 Å². The van der Waals surface area contributed by atoms with Crippen molar-refractivity contribution in [2.75, 3.05) is 0 Å². The van der Waals surface area contributed by atoms with Crippen LogP contribution in [-0.2, 0) is 0 Å². The van der Waals surface area contributed by atoms with E-state index in [1.807, 2.05) is 0 Å². The molecule has 0 saturated heterocycles. The summed E-state index contributed by atoms with van der Waals surface area (Å²) in [5.41, 5.74) is 6.38. The molecule has 0 rings (SSSR count). The van der Waals surface area contributed by atoms with E-state index in [1.165, 1.54) is 0 Å². The zero-order valence-corrected chi connectivity index (χ0v) is 10.1. The van der Waals surface area contributed by atoms with Gasteiger partial charge in [-0.3, -0.25) is 0 Å². The molecule has 0 unspecified atom stereocenters. The van der Waals surface area contributed by atoms with Crippen LogP contribution in [0.3, 0.4) is 0 Å². The van der Waals surface area contributed by atoms with Gasteiger partial charge in [0.25, 0.3) is 0 Å².